The molecule has 0 heterocycles. The molecular formula is C24H48Si5. The third kappa shape index (κ3) is 5.28. The van der Waals surface area contributed by atoms with Crippen LogP contribution in [0.3, 0.4) is 0 Å². The monoisotopic (exact) mass is 476 g/mol. The molecular weight excluding hydrogens is 429 g/mol. The minimum absolute atomic E-state index is 0.734. The van der Waals surface area contributed by atoms with Crippen molar-refractivity contribution in [2.24, 2.45) is 0 Å². The standard InChI is InChI=1S/C24H48Si5/c1-25(2,3)19-15-21(27(7,8)9)23(17-19)29(13,14)24-18-20(26(4,5)6)16-22(24)28(10,11)12/h15-18,23-24H,1-14H3. The Bertz CT molecular complexity index is 715. The van der Waals surface area contributed by atoms with Gasteiger partial charge in [-0.3, -0.25) is 0 Å². The van der Waals surface area contributed by atoms with Gasteiger partial charge in [-0.25, -0.2) is 0 Å². The molecule has 0 bridgehead atoms. The molecule has 0 nitrogen and oxygen atoms in total. The average Bonchev–Trinajstić information content (AvgIpc) is 3.10. The van der Waals surface area contributed by atoms with Crippen molar-refractivity contribution in [1.82, 2.24) is 0 Å². The van der Waals surface area contributed by atoms with E-state index in [2.05, 4.69) is 116 Å². The SMILES string of the molecule is C[Si](C)(C)C1=CC([Si](C)(C)C2C=C([Si](C)(C)C)C=C2[Si](C)(C)C)C([Si](C)(C)C)=C1. The van der Waals surface area contributed by atoms with Crippen molar-refractivity contribution >= 4 is 40.4 Å². The molecule has 2 unspecified atom stereocenters. The maximum atomic E-state index is 2.79. The fourth-order valence-corrected chi connectivity index (χ4v) is 19.4. The van der Waals surface area contributed by atoms with Crippen molar-refractivity contribution in [3.8, 4) is 0 Å². The van der Waals surface area contributed by atoms with Crippen LogP contribution in [-0.2, 0) is 0 Å². The van der Waals surface area contributed by atoms with Crippen LogP contribution in [0, 0.1) is 0 Å². The molecule has 29 heavy (non-hydrogen) atoms. The lowest BCUT2D eigenvalue weighted by molar-refractivity contribution is 1.12. The summed E-state index contributed by atoms with van der Waals surface area (Å²) in [5, 5.41) is 7.17. The van der Waals surface area contributed by atoms with Gasteiger partial charge in [0.2, 0.25) is 0 Å². The zero-order valence-corrected chi connectivity index (χ0v) is 27.0. The Morgan fingerprint density at radius 3 is 0.931 bits per heavy atom. The number of hydrogen-bond donors (Lipinski definition) is 0. The molecule has 0 radical (unpaired) electrons. The molecule has 2 rings (SSSR count). The second-order valence-electron chi connectivity index (χ2n) is 14.2. The second kappa shape index (κ2) is 7.57. The highest BCUT2D eigenvalue weighted by Gasteiger charge is 2.49. The van der Waals surface area contributed by atoms with Crippen LogP contribution in [-0.4, -0.2) is 40.4 Å². The van der Waals surface area contributed by atoms with Gasteiger partial charge in [-0.05, 0) is 11.1 Å². The van der Waals surface area contributed by atoms with E-state index in [4.69, 9.17) is 0 Å². The van der Waals surface area contributed by atoms with Gasteiger partial charge in [-0.1, -0.05) is 137 Å². The summed E-state index contributed by atoms with van der Waals surface area (Å²) < 4.78 is 0. The summed E-state index contributed by atoms with van der Waals surface area (Å²) in [7, 11) is -6.86. The minimum atomic E-state index is -1.60. The molecule has 164 valence electrons. The molecule has 0 saturated heterocycles. The molecule has 2 aliphatic carbocycles. The molecule has 0 aromatic heterocycles. The molecule has 0 aromatic carbocycles. The Kier molecular flexibility index (Phi) is 6.61. The molecule has 0 amide bonds. The van der Waals surface area contributed by atoms with E-state index in [-0.39, 0.29) is 0 Å². The van der Waals surface area contributed by atoms with Gasteiger partial charge in [-0.15, -0.1) is 0 Å². The Hall–Kier alpha value is 0.0444. The van der Waals surface area contributed by atoms with Gasteiger partial charge >= 0.3 is 0 Å². The highest BCUT2D eigenvalue weighted by atomic mass is 28.3. The van der Waals surface area contributed by atoms with Crippen LogP contribution in [0.1, 0.15) is 0 Å². The van der Waals surface area contributed by atoms with Gasteiger partial charge in [0.05, 0.1) is 40.4 Å². The topological polar surface area (TPSA) is 0 Å². The van der Waals surface area contributed by atoms with Crippen molar-refractivity contribution in [3.63, 3.8) is 0 Å². The van der Waals surface area contributed by atoms with Crippen LogP contribution >= 0.6 is 0 Å². The van der Waals surface area contributed by atoms with Crippen molar-refractivity contribution in [3.05, 3.63) is 45.1 Å². The Morgan fingerprint density at radius 2 is 0.724 bits per heavy atom. The predicted molar refractivity (Wildman–Crippen MR) is 151 cm³/mol. The van der Waals surface area contributed by atoms with E-state index < -0.39 is 40.4 Å². The molecule has 2 atom stereocenters. The van der Waals surface area contributed by atoms with E-state index in [0.29, 0.717) is 0 Å². The van der Waals surface area contributed by atoms with Gasteiger partial charge in [-0.2, -0.15) is 0 Å². The van der Waals surface area contributed by atoms with Crippen LogP contribution in [0.2, 0.25) is 103 Å². The Balaban J connectivity index is 2.63. The molecule has 0 fully saturated rings. The number of hydrogen-bond acceptors (Lipinski definition) is 0. The maximum absolute atomic E-state index is 2.79. The summed E-state index contributed by atoms with van der Waals surface area (Å²) in [6.45, 7) is 36.1. The first kappa shape index (κ1) is 25.3. The zero-order valence-electron chi connectivity index (χ0n) is 22.0. The smallest absolute Gasteiger partial charge is 0.0771 e. The van der Waals surface area contributed by atoms with Crippen molar-refractivity contribution in [2.75, 3.05) is 0 Å². The van der Waals surface area contributed by atoms with Crippen molar-refractivity contribution < 1.29 is 0 Å². The fraction of sp³-hybridized carbons (Fsp3) is 0.667. The fourth-order valence-electron chi connectivity index (χ4n) is 4.87. The van der Waals surface area contributed by atoms with Crippen LogP contribution < -0.4 is 0 Å². The highest BCUT2D eigenvalue weighted by molar-refractivity contribution is 6.94. The molecule has 0 aromatic rings. The first-order valence-electron chi connectivity index (χ1n) is 11.6. The van der Waals surface area contributed by atoms with E-state index in [1.165, 1.54) is 0 Å². The lowest BCUT2D eigenvalue weighted by atomic mass is 10.4. The van der Waals surface area contributed by atoms with Gasteiger partial charge in [0, 0.05) is 0 Å². The lowest BCUT2D eigenvalue weighted by Crippen LogP contribution is -2.44. The van der Waals surface area contributed by atoms with Gasteiger partial charge in [0.1, 0.15) is 0 Å². The molecule has 0 saturated carbocycles. The maximum Gasteiger partial charge on any atom is 0.0771 e. The van der Waals surface area contributed by atoms with E-state index in [9.17, 15) is 0 Å². The first-order chi connectivity index (χ1) is 12.7. The average molecular weight is 477 g/mol. The van der Waals surface area contributed by atoms with Crippen LogP contribution in [0.5, 0.6) is 0 Å². The predicted octanol–water partition coefficient (Wildman–Crippen LogP) is 8.68. The van der Waals surface area contributed by atoms with Gasteiger partial charge in [0.25, 0.3) is 0 Å². The summed E-state index contributed by atoms with van der Waals surface area (Å²) in [5.41, 5.74) is 1.47. The van der Waals surface area contributed by atoms with Gasteiger partial charge in [0.15, 0.2) is 0 Å². The second-order valence-corrected chi connectivity index (χ2v) is 39.4. The molecule has 5 heteroatoms. The highest BCUT2D eigenvalue weighted by Crippen LogP contribution is 2.53. The molecule has 0 N–H and O–H groups in total. The largest absolute Gasteiger partial charge is 0.0812 e. The molecule has 0 aliphatic heterocycles. The number of allylic oxidation sites excluding steroid dienone is 8. The molecule has 0 spiro atoms. The third-order valence-electron chi connectivity index (χ3n) is 7.05. The summed E-state index contributed by atoms with van der Waals surface area (Å²) in [6.07, 6.45) is 11.0. The summed E-state index contributed by atoms with van der Waals surface area (Å²) in [4.78, 5) is 0. The van der Waals surface area contributed by atoms with Crippen LogP contribution in [0.25, 0.3) is 0 Å². The van der Waals surface area contributed by atoms with E-state index in [0.717, 1.165) is 11.1 Å². The number of rotatable bonds is 6. The van der Waals surface area contributed by atoms with Crippen LogP contribution in [0.15, 0.2) is 45.1 Å². The normalized spacial score (nSPS) is 24.3. The minimum Gasteiger partial charge on any atom is -0.0812 e. The lowest BCUT2D eigenvalue weighted by Gasteiger charge is -2.42. The van der Waals surface area contributed by atoms with E-state index in [1.54, 1.807) is 10.4 Å². The van der Waals surface area contributed by atoms with Crippen molar-refractivity contribution in [2.45, 2.75) is 103 Å². The van der Waals surface area contributed by atoms with E-state index in [1.807, 2.05) is 10.4 Å². The first-order valence-corrected chi connectivity index (χ1v) is 28.7. The van der Waals surface area contributed by atoms with Crippen LogP contribution in [0.4, 0.5) is 0 Å². The third-order valence-corrected chi connectivity index (χ3v) is 20.3. The molecule has 2 aliphatic rings. The summed E-state index contributed by atoms with van der Waals surface area (Å²) in [6, 6.07) is 0. The van der Waals surface area contributed by atoms with Crippen molar-refractivity contribution in [1.29, 1.82) is 0 Å². The summed E-state index contributed by atoms with van der Waals surface area (Å²) in [5.74, 6) is 0. The Labute approximate surface area is 187 Å². The van der Waals surface area contributed by atoms with E-state index >= 15 is 0 Å². The summed E-state index contributed by atoms with van der Waals surface area (Å²) >= 11 is 0. The zero-order chi connectivity index (χ0) is 22.8. The van der Waals surface area contributed by atoms with Gasteiger partial charge < -0.3 is 0 Å². The quantitative estimate of drug-likeness (QED) is 0.336. The Morgan fingerprint density at radius 1 is 0.448 bits per heavy atom.